The SMILES string of the molecule is COc1cccc(CNC(=O)CCC2CCN(S(=O)(=O)c3cccc(F)c3)CC2)c1. The van der Waals surface area contributed by atoms with Crippen LogP contribution in [0.25, 0.3) is 0 Å². The molecule has 2 aromatic carbocycles. The second-order valence-electron chi connectivity index (χ2n) is 7.47. The van der Waals surface area contributed by atoms with Crippen LogP contribution < -0.4 is 10.1 Å². The fourth-order valence-electron chi connectivity index (χ4n) is 3.62. The first-order chi connectivity index (χ1) is 14.4. The maximum atomic E-state index is 13.4. The molecule has 6 nitrogen and oxygen atoms in total. The molecule has 3 rings (SSSR count). The number of hydrogen-bond donors (Lipinski definition) is 1. The van der Waals surface area contributed by atoms with E-state index in [-0.39, 0.29) is 10.8 Å². The summed E-state index contributed by atoms with van der Waals surface area (Å²) in [6.45, 7) is 1.21. The topological polar surface area (TPSA) is 75.7 Å². The zero-order valence-corrected chi connectivity index (χ0v) is 17.8. The molecular formula is C22H27FN2O4S. The summed E-state index contributed by atoms with van der Waals surface area (Å²) in [5, 5.41) is 2.91. The lowest BCUT2D eigenvalue weighted by Crippen LogP contribution is -2.38. The van der Waals surface area contributed by atoms with Crippen LogP contribution >= 0.6 is 0 Å². The van der Waals surface area contributed by atoms with Crippen LogP contribution in [0.2, 0.25) is 0 Å². The van der Waals surface area contributed by atoms with Crippen molar-refractivity contribution in [2.24, 2.45) is 5.92 Å². The van der Waals surface area contributed by atoms with Crippen LogP contribution in [0.1, 0.15) is 31.2 Å². The minimum absolute atomic E-state index is 0.0159. The number of sulfonamides is 1. The van der Waals surface area contributed by atoms with Gasteiger partial charge < -0.3 is 10.1 Å². The summed E-state index contributed by atoms with van der Waals surface area (Å²) in [6.07, 6.45) is 2.51. The van der Waals surface area contributed by atoms with E-state index in [2.05, 4.69) is 5.32 Å². The highest BCUT2D eigenvalue weighted by atomic mass is 32.2. The number of benzene rings is 2. The smallest absolute Gasteiger partial charge is 0.243 e. The molecule has 1 aliphatic heterocycles. The summed E-state index contributed by atoms with van der Waals surface area (Å²) >= 11 is 0. The first-order valence-electron chi connectivity index (χ1n) is 10.0. The van der Waals surface area contributed by atoms with Crippen LogP contribution in [0, 0.1) is 11.7 Å². The highest BCUT2D eigenvalue weighted by molar-refractivity contribution is 7.89. The second kappa shape index (κ2) is 10.0. The summed E-state index contributed by atoms with van der Waals surface area (Å²) in [6, 6.07) is 12.6. The Hall–Kier alpha value is -2.45. The van der Waals surface area contributed by atoms with Gasteiger partial charge in [-0.2, -0.15) is 4.31 Å². The zero-order valence-electron chi connectivity index (χ0n) is 17.0. The third kappa shape index (κ3) is 5.79. The molecule has 8 heteroatoms. The molecule has 1 N–H and O–H groups in total. The molecule has 0 saturated carbocycles. The van der Waals surface area contributed by atoms with E-state index in [9.17, 15) is 17.6 Å². The van der Waals surface area contributed by atoms with Gasteiger partial charge in [0.1, 0.15) is 11.6 Å². The molecule has 0 aliphatic carbocycles. The predicted octanol–water partition coefficient (Wildman–Crippen LogP) is 3.33. The van der Waals surface area contributed by atoms with Gasteiger partial charge in [-0.15, -0.1) is 0 Å². The number of rotatable bonds is 8. The maximum Gasteiger partial charge on any atom is 0.243 e. The van der Waals surface area contributed by atoms with E-state index < -0.39 is 15.8 Å². The van der Waals surface area contributed by atoms with Crippen molar-refractivity contribution in [2.45, 2.75) is 37.1 Å². The number of piperidine rings is 1. The molecule has 0 unspecified atom stereocenters. The van der Waals surface area contributed by atoms with Gasteiger partial charge in [0.05, 0.1) is 12.0 Å². The van der Waals surface area contributed by atoms with Gasteiger partial charge in [-0.05, 0) is 61.1 Å². The summed E-state index contributed by atoms with van der Waals surface area (Å²) in [7, 11) is -2.08. The molecule has 2 aromatic rings. The van der Waals surface area contributed by atoms with Crippen molar-refractivity contribution < 1.29 is 22.3 Å². The summed E-state index contributed by atoms with van der Waals surface area (Å²) in [5.74, 6) is 0.465. The fourth-order valence-corrected chi connectivity index (χ4v) is 5.12. The van der Waals surface area contributed by atoms with Crippen molar-refractivity contribution >= 4 is 15.9 Å². The minimum atomic E-state index is -3.68. The summed E-state index contributed by atoms with van der Waals surface area (Å²) < 4.78 is 45.3. The predicted molar refractivity (Wildman–Crippen MR) is 112 cm³/mol. The van der Waals surface area contributed by atoms with Crippen LogP contribution in [0.4, 0.5) is 4.39 Å². The lowest BCUT2D eigenvalue weighted by molar-refractivity contribution is -0.121. The number of carbonyl (C=O) groups excluding carboxylic acids is 1. The van der Waals surface area contributed by atoms with E-state index in [0.29, 0.717) is 44.8 Å². The summed E-state index contributed by atoms with van der Waals surface area (Å²) in [5.41, 5.74) is 0.971. The van der Waals surface area contributed by atoms with Gasteiger partial charge in [-0.25, -0.2) is 12.8 Å². The number of methoxy groups -OCH3 is 1. The van der Waals surface area contributed by atoms with Gasteiger partial charge in [-0.1, -0.05) is 18.2 Å². The van der Waals surface area contributed by atoms with Crippen LogP contribution in [-0.2, 0) is 21.4 Å². The molecule has 1 aliphatic rings. The molecular weight excluding hydrogens is 407 g/mol. The Bertz CT molecular complexity index is 973. The highest BCUT2D eigenvalue weighted by Gasteiger charge is 2.29. The van der Waals surface area contributed by atoms with Crippen LogP contribution in [0.15, 0.2) is 53.4 Å². The maximum absolute atomic E-state index is 13.4. The normalized spacial score (nSPS) is 15.7. The number of halogens is 1. The molecule has 0 bridgehead atoms. The molecule has 0 spiro atoms. The van der Waals surface area contributed by atoms with Gasteiger partial charge in [-0.3, -0.25) is 4.79 Å². The van der Waals surface area contributed by atoms with E-state index in [1.807, 2.05) is 24.3 Å². The number of ether oxygens (including phenoxy) is 1. The molecule has 1 amide bonds. The Kier molecular flexibility index (Phi) is 7.44. The minimum Gasteiger partial charge on any atom is -0.497 e. The van der Waals surface area contributed by atoms with Gasteiger partial charge in [0, 0.05) is 26.1 Å². The molecule has 0 atom stereocenters. The fraction of sp³-hybridized carbons (Fsp3) is 0.409. The first-order valence-corrected chi connectivity index (χ1v) is 11.5. The van der Waals surface area contributed by atoms with Crippen molar-refractivity contribution in [1.29, 1.82) is 0 Å². The van der Waals surface area contributed by atoms with Gasteiger partial charge in [0.15, 0.2) is 0 Å². The number of hydrogen-bond acceptors (Lipinski definition) is 4. The molecule has 1 saturated heterocycles. The van der Waals surface area contributed by atoms with Gasteiger partial charge >= 0.3 is 0 Å². The molecule has 1 fully saturated rings. The standard InChI is InChI=1S/C22H27FN2O4S/c1-29-20-6-2-4-18(14-20)16-24-22(26)9-8-17-10-12-25(13-11-17)30(27,28)21-7-3-5-19(23)15-21/h2-7,14-15,17H,8-13,16H2,1H3,(H,24,26). The Morgan fingerprint density at radius 1 is 1.17 bits per heavy atom. The van der Waals surface area contributed by atoms with E-state index in [1.165, 1.54) is 22.5 Å². The number of amides is 1. The lowest BCUT2D eigenvalue weighted by atomic mass is 9.93. The number of nitrogens with one attached hydrogen (secondary N) is 1. The van der Waals surface area contributed by atoms with Gasteiger partial charge in [0.25, 0.3) is 0 Å². The van der Waals surface area contributed by atoms with Crippen molar-refractivity contribution in [1.82, 2.24) is 9.62 Å². The Balaban J connectivity index is 1.43. The van der Waals surface area contributed by atoms with Crippen LogP contribution in [0.5, 0.6) is 5.75 Å². The second-order valence-corrected chi connectivity index (χ2v) is 9.41. The molecule has 30 heavy (non-hydrogen) atoms. The third-order valence-corrected chi connectivity index (χ3v) is 7.31. The average molecular weight is 435 g/mol. The Labute approximate surface area is 177 Å². The van der Waals surface area contributed by atoms with Crippen molar-refractivity contribution in [3.8, 4) is 5.75 Å². The molecule has 0 radical (unpaired) electrons. The van der Waals surface area contributed by atoms with E-state index in [4.69, 9.17) is 4.74 Å². The van der Waals surface area contributed by atoms with E-state index in [1.54, 1.807) is 7.11 Å². The highest BCUT2D eigenvalue weighted by Crippen LogP contribution is 2.26. The quantitative estimate of drug-likeness (QED) is 0.692. The lowest BCUT2D eigenvalue weighted by Gasteiger charge is -2.31. The first kappa shape index (κ1) is 22.2. The van der Waals surface area contributed by atoms with Gasteiger partial charge in [0.2, 0.25) is 15.9 Å². The largest absolute Gasteiger partial charge is 0.497 e. The van der Waals surface area contributed by atoms with E-state index in [0.717, 1.165) is 23.8 Å². The van der Waals surface area contributed by atoms with E-state index >= 15 is 0 Å². The zero-order chi connectivity index (χ0) is 21.6. The Morgan fingerprint density at radius 3 is 2.60 bits per heavy atom. The Morgan fingerprint density at radius 2 is 1.90 bits per heavy atom. The third-order valence-electron chi connectivity index (χ3n) is 5.41. The number of nitrogens with zero attached hydrogens (tertiary/aromatic N) is 1. The summed E-state index contributed by atoms with van der Waals surface area (Å²) in [4.78, 5) is 12.2. The van der Waals surface area contributed by atoms with Crippen molar-refractivity contribution in [3.63, 3.8) is 0 Å². The molecule has 0 aromatic heterocycles. The van der Waals surface area contributed by atoms with Crippen LogP contribution in [0.3, 0.4) is 0 Å². The van der Waals surface area contributed by atoms with Crippen molar-refractivity contribution in [2.75, 3.05) is 20.2 Å². The monoisotopic (exact) mass is 434 g/mol. The number of carbonyl (C=O) groups is 1. The van der Waals surface area contributed by atoms with Crippen molar-refractivity contribution in [3.05, 3.63) is 59.9 Å². The molecule has 162 valence electrons. The average Bonchev–Trinajstić information content (AvgIpc) is 2.76. The van der Waals surface area contributed by atoms with Crippen LogP contribution in [-0.4, -0.2) is 38.8 Å². The molecule has 1 heterocycles.